The molecular formula is C11H19NO3. The fourth-order valence-electron chi connectivity index (χ4n) is 2.01. The van der Waals surface area contributed by atoms with Crippen molar-refractivity contribution in [1.29, 1.82) is 0 Å². The van der Waals surface area contributed by atoms with Crippen LogP contribution >= 0.6 is 0 Å². The zero-order valence-electron chi connectivity index (χ0n) is 9.41. The molecule has 4 heteroatoms. The molecule has 1 N–H and O–H groups in total. The van der Waals surface area contributed by atoms with E-state index >= 15 is 0 Å². The van der Waals surface area contributed by atoms with Gasteiger partial charge in [-0.05, 0) is 25.7 Å². The summed E-state index contributed by atoms with van der Waals surface area (Å²) >= 11 is 0. The molecular weight excluding hydrogens is 194 g/mol. The zero-order valence-corrected chi connectivity index (χ0v) is 9.41. The monoisotopic (exact) mass is 213 g/mol. The molecule has 0 aromatic heterocycles. The summed E-state index contributed by atoms with van der Waals surface area (Å²) in [7, 11) is 0. The molecule has 0 spiro atoms. The number of hydrogen-bond acceptors (Lipinski definition) is 3. The van der Waals surface area contributed by atoms with Crippen LogP contribution in [0.3, 0.4) is 0 Å². The molecule has 0 aromatic carbocycles. The van der Waals surface area contributed by atoms with Crippen molar-refractivity contribution in [1.82, 2.24) is 5.32 Å². The standard InChI is InChI=1S/C11H19NO3/c1-3-15-11(14)10(13)12-9-6-4-5-8(2)7-9/h8-9H,3-7H2,1-2H3,(H,12,13). The van der Waals surface area contributed by atoms with Crippen molar-refractivity contribution < 1.29 is 14.3 Å². The second-order valence-corrected chi connectivity index (χ2v) is 4.16. The van der Waals surface area contributed by atoms with E-state index in [1.54, 1.807) is 6.92 Å². The third kappa shape index (κ3) is 3.90. The first kappa shape index (κ1) is 12.0. The molecule has 0 radical (unpaired) electrons. The number of ether oxygens (including phenoxy) is 1. The van der Waals surface area contributed by atoms with Gasteiger partial charge in [-0.25, -0.2) is 4.79 Å². The minimum absolute atomic E-state index is 0.144. The Morgan fingerprint density at radius 2 is 2.13 bits per heavy atom. The molecule has 0 bridgehead atoms. The van der Waals surface area contributed by atoms with Gasteiger partial charge in [0.25, 0.3) is 0 Å². The third-order valence-corrected chi connectivity index (χ3v) is 2.73. The Morgan fingerprint density at radius 1 is 1.40 bits per heavy atom. The number of hydrogen-bond donors (Lipinski definition) is 1. The molecule has 1 saturated carbocycles. The lowest BCUT2D eigenvalue weighted by molar-refractivity contribution is -0.155. The van der Waals surface area contributed by atoms with Gasteiger partial charge in [0.1, 0.15) is 0 Å². The van der Waals surface area contributed by atoms with E-state index in [9.17, 15) is 9.59 Å². The third-order valence-electron chi connectivity index (χ3n) is 2.73. The van der Waals surface area contributed by atoms with Gasteiger partial charge in [-0.15, -0.1) is 0 Å². The largest absolute Gasteiger partial charge is 0.459 e. The first-order valence-corrected chi connectivity index (χ1v) is 5.61. The number of carbonyl (C=O) groups is 2. The Morgan fingerprint density at radius 3 is 2.73 bits per heavy atom. The first-order chi connectivity index (χ1) is 7.13. The smallest absolute Gasteiger partial charge is 0.396 e. The number of nitrogens with one attached hydrogen (secondary N) is 1. The molecule has 1 aliphatic rings. The van der Waals surface area contributed by atoms with Crippen LogP contribution in [0.1, 0.15) is 39.5 Å². The highest BCUT2D eigenvalue weighted by Gasteiger charge is 2.23. The van der Waals surface area contributed by atoms with Crippen LogP contribution < -0.4 is 5.32 Å². The summed E-state index contributed by atoms with van der Waals surface area (Å²) in [6.45, 7) is 4.10. The molecule has 0 heterocycles. The molecule has 1 fully saturated rings. The van der Waals surface area contributed by atoms with E-state index in [-0.39, 0.29) is 12.6 Å². The summed E-state index contributed by atoms with van der Waals surface area (Å²) in [5.41, 5.74) is 0. The molecule has 0 aliphatic heterocycles. The predicted octanol–water partition coefficient (Wildman–Crippen LogP) is 1.24. The van der Waals surface area contributed by atoms with Gasteiger partial charge in [-0.1, -0.05) is 19.8 Å². The molecule has 86 valence electrons. The van der Waals surface area contributed by atoms with E-state index in [1.165, 1.54) is 6.42 Å². The summed E-state index contributed by atoms with van der Waals surface area (Å²) in [6.07, 6.45) is 4.27. The van der Waals surface area contributed by atoms with Crippen molar-refractivity contribution in [3.8, 4) is 0 Å². The zero-order chi connectivity index (χ0) is 11.3. The highest BCUT2D eigenvalue weighted by molar-refractivity contribution is 6.32. The van der Waals surface area contributed by atoms with Crippen LogP contribution in [0.15, 0.2) is 0 Å². The van der Waals surface area contributed by atoms with Crippen molar-refractivity contribution in [2.45, 2.75) is 45.6 Å². The van der Waals surface area contributed by atoms with E-state index in [2.05, 4.69) is 17.0 Å². The summed E-state index contributed by atoms with van der Waals surface area (Å²) in [4.78, 5) is 22.4. The van der Waals surface area contributed by atoms with Crippen LogP contribution in [-0.2, 0) is 14.3 Å². The van der Waals surface area contributed by atoms with E-state index in [4.69, 9.17) is 0 Å². The second-order valence-electron chi connectivity index (χ2n) is 4.16. The first-order valence-electron chi connectivity index (χ1n) is 5.61. The Balaban J connectivity index is 2.33. The van der Waals surface area contributed by atoms with Gasteiger partial charge in [0, 0.05) is 6.04 Å². The van der Waals surface area contributed by atoms with Gasteiger partial charge in [-0.2, -0.15) is 0 Å². The summed E-state index contributed by atoms with van der Waals surface area (Å²) in [5, 5.41) is 2.72. The summed E-state index contributed by atoms with van der Waals surface area (Å²) in [5.74, 6) is -0.738. The van der Waals surface area contributed by atoms with Crippen molar-refractivity contribution in [3.63, 3.8) is 0 Å². The Labute approximate surface area is 90.4 Å². The summed E-state index contributed by atoms with van der Waals surface area (Å²) < 4.78 is 4.62. The van der Waals surface area contributed by atoms with E-state index in [0.717, 1.165) is 19.3 Å². The van der Waals surface area contributed by atoms with Crippen molar-refractivity contribution in [2.75, 3.05) is 6.61 Å². The highest BCUT2D eigenvalue weighted by atomic mass is 16.5. The van der Waals surface area contributed by atoms with Gasteiger partial charge >= 0.3 is 11.9 Å². The second kappa shape index (κ2) is 5.73. The van der Waals surface area contributed by atoms with E-state index in [1.807, 2.05) is 0 Å². The SMILES string of the molecule is CCOC(=O)C(=O)NC1CCCC(C)C1. The number of esters is 1. The average Bonchev–Trinajstić information content (AvgIpc) is 2.18. The van der Waals surface area contributed by atoms with Gasteiger partial charge < -0.3 is 10.1 Å². The van der Waals surface area contributed by atoms with E-state index in [0.29, 0.717) is 5.92 Å². The number of amides is 1. The van der Waals surface area contributed by atoms with Gasteiger partial charge in [0.05, 0.1) is 6.61 Å². The van der Waals surface area contributed by atoms with Crippen molar-refractivity contribution >= 4 is 11.9 Å². The molecule has 1 rings (SSSR count). The summed E-state index contributed by atoms with van der Waals surface area (Å²) in [6, 6.07) is 0.144. The van der Waals surface area contributed by atoms with Crippen LogP contribution in [0.4, 0.5) is 0 Å². The Kier molecular flexibility index (Phi) is 4.59. The van der Waals surface area contributed by atoms with Crippen LogP contribution in [0, 0.1) is 5.92 Å². The van der Waals surface area contributed by atoms with Crippen molar-refractivity contribution in [3.05, 3.63) is 0 Å². The fourth-order valence-corrected chi connectivity index (χ4v) is 2.01. The quantitative estimate of drug-likeness (QED) is 0.554. The average molecular weight is 213 g/mol. The van der Waals surface area contributed by atoms with Gasteiger partial charge in [0.15, 0.2) is 0 Å². The fraction of sp³-hybridized carbons (Fsp3) is 0.818. The molecule has 0 saturated heterocycles. The van der Waals surface area contributed by atoms with Crippen molar-refractivity contribution in [2.24, 2.45) is 5.92 Å². The lowest BCUT2D eigenvalue weighted by Gasteiger charge is -2.26. The topological polar surface area (TPSA) is 55.4 Å². The van der Waals surface area contributed by atoms with Crippen LogP contribution in [0.25, 0.3) is 0 Å². The highest BCUT2D eigenvalue weighted by Crippen LogP contribution is 2.23. The lowest BCUT2D eigenvalue weighted by atomic mass is 9.87. The lowest BCUT2D eigenvalue weighted by Crippen LogP contribution is -2.42. The molecule has 4 nitrogen and oxygen atoms in total. The predicted molar refractivity (Wildman–Crippen MR) is 56.2 cm³/mol. The number of carbonyl (C=O) groups excluding carboxylic acids is 2. The maximum atomic E-state index is 11.3. The minimum atomic E-state index is -0.768. The van der Waals surface area contributed by atoms with Gasteiger partial charge in [0.2, 0.25) is 0 Å². The minimum Gasteiger partial charge on any atom is -0.459 e. The van der Waals surface area contributed by atoms with Crippen LogP contribution in [0.2, 0.25) is 0 Å². The normalized spacial score (nSPS) is 25.7. The maximum Gasteiger partial charge on any atom is 0.396 e. The Hall–Kier alpha value is -1.06. The van der Waals surface area contributed by atoms with Crippen LogP contribution in [0.5, 0.6) is 0 Å². The number of rotatable bonds is 2. The molecule has 2 atom stereocenters. The molecule has 0 aromatic rings. The maximum absolute atomic E-state index is 11.3. The van der Waals surface area contributed by atoms with E-state index < -0.39 is 11.9 Å². The Bertz CT molecular complexity index is 240. The van der Waals surface area contributed by atoms with Gasteiger partial charge in [-0.3, -0.25) is 4.79 Å². The molecule has 2 unspecified atom stereocenters. The molecule has 1 amide bonds. The molecule has 15 heavy (non-hydrogen) atoms. The molecule has 1 aliphatic carbocycles. The van der Waals surface area contributed by atoms with Crippen LogP contribution in [-0.4, -0.2) is 24.5 Å².